The molecule has 4 rings (SSSR count). The van der Waals surface area contributed by atoms with Crippen LogP contribution in [-0.4, -0.2) is 62.1 Å². The third-order valence-corrected chi connectivity index (χ3v) is 5.22. The Hall–Kier alpha value is -3.01. The molecule has 9 nitrogen and oxygen atoms in total. The maximum Gasteiger partial charge on any atom is 0.311 e. The molecule has 0 saturated carbocycles. The van der Waals surface area contributed by atoms with Crippen molar-refractivity contribution in [3.63, 3.8) is 0 Å². The van der Waals surface area contributed by atoms with E-state index in [1.54, 1.807) is 6.92 Å². The maximum absolute atomic E-state index is 13.3. The van der Waals surface area contributed by atoms with Crippen molar-refractivity contribution in [2.45, 2.75) is 43.9 Å². The average Bonchev–Trinajstić information content (AvgIpc) is 2.63. The van der Waals surface area contributed by atoms with Gasteiger partial charge in [-0.25, -0.2) is 0 Å². The smallest absolute Gasteiger partial charge is 0.311 e. The summed E-state index contributed by atoms with van der Waals surface area (Å²) in [4.78, 5) is 37.6. The number of allylic oxidation sites excluding steroid dienone is 2. The first kappa shape index (κ1) is 19.3. The summed E-state index contributed by atoms with van der Waals surface area (Å²) in [7, 11) is 0. The van der Waals surface area contributed by atoms with Gasteiger partial charge in [0.25, 0.3) is 5.79 Å². The van der Waals surface area contributed by atoms with E-state index in [1.807, 2.05) is 0 Å². The van der Waals surface area contributed by atoms with Gasteiger partial charge in [-0.3, -0.25) is 14.4 Å². The molecule has 1 saturated heterocycles. The number of aromatic hydroxyl groups is 1. The summed E-state index contributed by atoms with van der Waals surface area (Å²) in [6.07, 6.45) is -3.27. The second kappa shape index (κ2) is 6.51. The highest BCUT2D eigenvalue weighted by molar-refractivity contribution is 6.29. The van der Waals surface area contributed by atoms with Crippen molar-refractivity contribution in [3.8, 4) is 5.75 Å². The van der Waals surface area contributed by atoms with Gasteiger partial charge in [-0.1, -0.05) is 12.1 Å². The molecule has 0 radical (unpaired) electrons. The van der Waals surface area contributed by atoms with Crippen LogP contribution >= 0.6 is 0 Å². The van der Waals surface area contributed by atoms with Crippen molar-refractivity contribution < 1.29 is 44.3 Å². The van der Waals surface area contributed by atoms with E-state index in [4.69, 9.17) is 14.6 Å². The van der Waals surface area contributed by atoms with E-state index in [-0.39, 0.29) is 34.5 Å². The monoisotopic (exact) mass is 402 g/mol. The summed E-state index contributed by atoms with van der Waals surface area (Å²) in [5.74, 6) is -5.64. The first-order valence-electron chi connectivity index (χ1n) is 8.97. The zero-order valence-electron chi connectivity index (χ0n) is 15.3. The third-order valence-electron chi connectivity index (χ3n) is 5.22. The number of carbonyl (C=O) groups is 3. The van der Waals surface area contributed by atoms with E-state index in [0.29, 0.717) is 0 Å². The quantitative estimate of drug-likeness (QED) is 0.560. The van der Waals surface area contributed by atoms with Gasteiger partial charge in [-0.15, -0.1) is 0 Å². The summed E-state index contributed by atoms with van der Waals surface area (Å²) in [6, 6.07) is 4.01. The molecule has 0 unspecified atom stereocenters. The van der Waals surface area contributed by atoms with Gasteiger partial charge in [-0.05, 0) is 19.1 Å². The fourth-order valence-electron chi connectivity index (χ4n) is 4.06. The Morgan fingerprint density at radius 3 is 2.66 bits per heavy atom. The Bertz CT molecular complexity index is 1010. The number of phenols is 1. The molecule has 1 spiro atoms. The van der Waals surface area contributed by atoms with Gasteiger partial charge in [-0.2, -0.15) is 0 Å². The minimum Gasteiger partial charge on any atom is -0.507 e. The first-order chi connectivity index (χ1) is 13.7. The molecule has 0 aromatic heterocycles. The summed E-state index contributed by atoms with van der Waals surface area (Å²) in [6.45, 7) is 1.58. The normalized spacial score (nSPS) is 31.1. The SMILES string of the molecule is C[C@H]1C[C@H](O)[C@H](O)[C@]2(OC(CC(=O)O)=CC3=C2C(=O)c2c(O)cccc2C3=O)O1. The number of ether oxygens (including phenoxy) is 2. The highest BCUT2D eigenvalue weighted by Gasteiger charge is 2.59. The molecule has 152 valence electrons. The summed E-state index contributed by atoms with van der Waals surface area (Å²) in [5.41, 5.74) is -0.895. The minimum absolute atomic E-state index is 0.0385. The van der Waals surface area contributed by atoms with Gasteiger partial charge in [0.15, 0.2) is 5.78 Å². The molecule has 0 amide bonds. The highest BCUT2D eigenvalue weighted by Crippen LogP contribution is 2.47. The number of carboxylic acids is 1. The molecule has 0 bridgehead atoms. The van der Waals surface area contributed by atoms with Crippen LogP contribution in [0, 0.1) is 0 Å². The van der Waals surface area contributed by atoms with E-state index >= 15 is 0 Å². The number of phenolic OH excluding ortho intramolecular Hbond substituents is 1. The van der Waals surface area contributed by atoms with E-state index < -0.39 is 53.8 Å². The Balaban J connectivity index is 1.98. The van der Waals surface area contributed by atoms with Gasteiger partial charge in [0, 0.05) is 17.6 Å². The van der Waals surface area contributed by atoms with Crippen molar-refractivity contribution in [1.82, 2.24) is 0 Å². The van der Waals surface area contributed by atoms with Crippen molar-refractivity contribution in [1.29, 1.82) is 0 Å². The van der Waals surface area contributed by atoms with E-state index in [1.165, 1.54) is 18.2 Å². The molecule has 4 N–H and O–H groups in total. The molecular weight excluding hydrogens is 384 g/mol. The van der Waals surface area contributed by atoms with Crippen LogP contribution < -0.4 is 0 Å². The van der Waals surface area contributed by atoms with Gasteiger partial charge in [0.1, 0.15) is 24.0 Å². The number of rotatable bonds is 2. The maximum atomic E-state index is 13.3. The fraction of sp³-hybridized carbons (Fsp3) is 0.350. The van der Waals surface area contributed by atoms with Gasteiger partial charge < -0.3 is 29.9 Å². The number of carboxylic acid groups (broad SMARTS) is 1. The van der Waals surface area contributed by atoms with Crippen LogP contribution in [0.25, 0.3) is 0 Å². The van der Waals surface area contributed by atoms with Crippen LogP contribution in [0.3, 0.4) is 0 Å². The Labute approximate surface area is 164 Å². The lowest BCUT2D eigenvalue weighted by Gasteiger charge is -2.49. The van der Waals surface area contributed by atoms with Crippen LogP contribution in [0.2, 0.25) is 0 Å². The number of aliphatic hydroxyl groups excluding tert-OH is 2. The minimum atomic E-state index is -2.28. The predicted molar refractivity (Wildman–Crippen MR) is 95.1 cm³/mol. The summed E-state index contributed by atoms with van der Waals surface area (Å²) >= 11 is 0. The standard InChI is InChI=1S/C20H18O9/c1-8-5-13(22)19(27)20(28-8)16-11(6-9(29-20)7-14(23)24)17(25)10-3-2-4-12(21)15(10)18(16)26/h2-4,6,8,13,19,21-22,27H,5,7H2,1H3,(H,23,24)/t8-,13-,19-,20-/m0/s1. The number of aliphatic carboxylic acids is 1. The van der Waals surface area contributed by atoms with Crippen molar-refractivity contribution in [3.05, 3.63) is 52.3 Å². The van der Waals surface area contributed by atoms with Crippen LogP contribution in [0.5, 0.6) is 5.75 Å². The zero-order valence-corrected chi connectivity index (χ0v) is 15.3. The number of fused-ring (bicyclic) bond motifs is 2. The lowest BCUT2D eigenvalue weighted by Crippen LogP contribution is -2.62. The Morgan fingerprint density at radius 1 is 1.24 bits per heavy atom. The molecule has 1 fully saturated rings. The second-order valence-electron chi connectivity index (χ2n) is 7.27. The van der Waals surface area contributed by atoms with Gasteiger partial charge in [0.2, 0.25) is 5.78 Å². The largest absolute Gasteiger partial charge is 0.507 e. The Morgan fingerprint density at radius 2 is 1.97 bits per heavy atom. The van der Waals surface area contributed by atoms with Crippen molar-refractivity contribution in [2.75, 3.05) is 0 Å². The third kappa shape index (κ3) is 2.78. The molecule has 4 atom stereocenters. The van der Waals surface area contributed by atoms with Gasteiger partial charge >= 0.3 is 5.97 Å². The summed E-state index contributed by atoms with van der Waals surface area (Å²) < 4.78 is 11.4. The zero-order chi connectivity index (χ0) is 21.1. The number of hydrogen-bond donors (Lipinski definition) is 4. The van der Waals surface area contributed by atoms with Crippen LogP contribution in [0.15, 0.2) is 41.2 Å². The number of ketones is 2. The van der Waals surface area contributed by atoms with Crippen molar-refractivity contribution in [2.24, 2.45) is 0 Å². The van der Waals surface area contributed by atoms with Crippen molar-refractivity contribution >= 4 is 17.5 Å². The predicted octanol–water partition coefficient (Wildman–Crippen LogP) is 0.683. The topological polar surface area (TPSA) is 151 Å². The van der Waals surface area contributed by atoms with E-state index in [2.05, 4.69) is 0 Å². The molecule has 2 heterocycles. The van der Waals surface area contributed by atoms with Crippen LogP contribution in [0.1, 0.15) is 40.5 Å². The highest BCUT2D eigenvalue weighted by atomic mass is 16.7. The molecule has 1 aromatic rings. The number of Topliss-reactive ketones (excluding diaryl/α,β-unsaturated/α-hetero) is 2. The Kier molecular flexibility index (Phi) is 4.34. The van der Waals surface area contributed by atoms with Crippen LogP contribution in [0.4, 0.5) is 0 Å². The first-order valence-corrected chi connectivity index (χ1v) is 8.97. The summed E-state index contributed by atoms with van der Waals surface area (Å²) in [5, 5.41) is 40.4. The molecular formula is C20H18O9. The number of benzene rings is 1. The molecule has 9 heteroatoms. The lowest BCUT2D eigenvalue weighted by molar-refractivity contribution is -0.304. The molecule has 3 aliphatic rings. The number of carbonyl (C=O) groups excluding carboxylic acids is 2. The molecule has 1 aromatic carbocycles. The molecule has 2 aliphatic heterocycles. The van der Waals surface area contributed by atoms with Crippen LogP contribution in [-0.2, 0) is 14.3 Å². The van der Waals surface area contributed by atoms with Gasteiger partial charge in [0.05, 0.1) is 23.3 Å². The fourth-order valence-corrected chi connectivity index (χ4v) is 4.06. The molecule has 29 heavy (non-hydrogen) atoms. The van der Waals surface area contributed by atoms with E-state index in [0.717, 1.165) is 6.08 Å². The lowest BCUT2D eigenvalue weighted by atomic mass is 9.75. The number of aliphatic hydroxyl groups is 2. The number of hydrogen-bond acceptors (Lipinski definition) is 8. The van der Waals surface area contributed by atoms with E-state index in [9.17, 15) is 29.7 Å². The second-order valence-corrected chi connectivity index (χ2v) is 7.27. The average molecular weight is 402 g/mol. The molecule has 1 aliphatic carbocycles.